The molecule has 16 heavy (non-hydrogen) atoms. The number of nitrogens with zero attached hydrogens (tertiary/aromatic N) is 1. The summed E-state index contributed by atoms with van der Waals surface area (Å²) >= 11 is 0. The first kappa shape index (κ1) is 13.5. The molecule has 94 valence electrons. The van der Waals surface area contributed by atoms with Crippen molar-refractivity contribution in [3.8, 4) is 0 Å². The third-order valence-electron chi connectivity index (χ3n) is 3.59. The van der Waals surface area contributed by atoms with E-state index in [0.29, 0.717) is 23.8 Å². The molecule has 1 aliphatic rings. The van der Waals surface area contributed by atoms with E-state index in [-0.39, 0.29) is 6.04 Å². The number of carbonyl (C=O) groups excluding carboxylic acids is 1. The van der Waals surface area contributed by atoms with Crippen molar-refractivity contribution in [2.75, 3.05) is 6.67 Å². The lowest BCUT2D eigenvalue weighted by molar-refractivity contribution is -0.131. The first-order chi connectivity index (χ1) is 7.47. The van der Waals surface area contributed by atoms with Gasteiger partial charge >= 0.3 is 0 Å². The third-order valence-corrected chi connectivity index (χ3v) is 3.59. The molecule has 1 aliphatic heterocycles. The molecular weight excluding hydrogens is 200 g/mol. The fourth-order valence-electron chi connectivity index (χ4n) is 2.40. The molecule has 0 radical (unpaired) electrons. The summed E-state index contributed by atoms with van der Waals surface area (Å²) < 4.78 is 0. The van der Waals surface area contributed by atoms with Crippen LogP contribution in [0, 0.1) is 11.8 Å². The van der Waals surface area contributed by atoms with Crippen molar-refractivity contribution in [3.63, 3.8) is 0 Å². The Morgan fingerprint density at radius 1 is 1.38 bits per heavy atom. The molecule has 0 spiro atoms. The van der Waals surface area contributed by atoms with Crippen LogP contribution in [0.25, 0.3) is 0 Å². The molecule has 0 aromatic carbocycles. The number of hydrogen-bond donors (Lipinski definition) is 1. The quantitative estimate of drug-likeness (QED) is 0.779. The van der Waals surface area contributed by atoms with E-state index in [9.17, 15) is 4.79 Å². The summed E-state index contributed by atoms with van der Waals surface area (Å²) in [7, 11) is 0. The number of rotatable bonds is 5. The molecule has 3 unspecified atom stereocenters. The predicted octanol–water partition coefficient (Wildman–Crippen LogP) is 2.23. The smallest absolute Gasteiger partial charge is 0.241 e. The number of carbonyl (C=O) groups is 1. The monoisotopic (exact) mass is 226 g/mol. The molecule has 1 fully saturated rings. The average molecular weight is 226 g/mol. The largest absolute Gasteiger partial charge is 0.326 e. The Morgan fingerprint density at radius 2 is 2.00 bits per heavy atom. The van der Waals surface area contributed by atoms with E-state index in [2.05, 4.69) is 39.9 Å². The lowest BCUT2D eigenvalue weighted by atomic mass is 9.98. The van der Waals surface area contributed by atoms with E-state index in [1.165, 1.54) is 0 Å². The van der Waals surface area contributed by atoms with Gasteiger partial charge in [-0.25, -0.2) is 0 Å². The minimum absolute atomic E-state index is 0.0413. The molecule has 1 N–H and O–H groups in total. The van der Waals surface area contributed by atoms with Gasteiger partial charge in [-0.2, -0.15) is 0 Å². The van der Waals surface area contributed by atoms with Gasteiger partial charge in [0.25, 0.3) is 0 Å². The Balaban J connectivity index is 2.56. The van der Waals surface area contributed by atoms with E-state index in [4.69, 9.17) is 0 Å². The minimum Gasteiger partial charge on any atom is -0.326 e. The zero-order valence-corrected chi connectivity index (χ0v) is 11.3. The van der Waals surface area contributed by atoms with Gasteiger partial charge in [0.05, 0.1) is 12.7 Å². The summed E-state index contributed by atoms with van der Waals surface area (Å²) in [4.78, 5) is 14.2. The van der Waals surface area contributed by atoms with Crippen LogP contribution >= 0.6 is 0 Å². The summed E-state index contributed by atoms with van der Waals surface area (Å²) in [6.07, 6.45) is 2.14. The maximum atomic E-state index is 12.2. The Labute approximate surface area is 99.6 Å². The van der Waals surface area contributed by atoms with Crippen molar-refractivity contribution in [3.05, 3.63) is 0 Å². The molecule has 0 saturated carbocycles. The van der Waals surface area contributed by atoms with Crippen molar-refractivity contribution in [1.82, 2.24) is 10.2 Å². The van der Waals surface area contributed by atoms with Crippen molar-refractivity contribution >= 4 is 5.91 Å². The zero-order chi connectivity index (χ0) is 12.3. The van der Waals surface area contributed by atoms with Crippen LogP contribution in [0.15, 0.2) is 0 Å². The van der Waals surface area contributed by atoms with E-state index in [1.54, 1.807) is 0 Å². The Hall–Kier alpha value is -0.570. The van der Waals surface area contributed by atoms with E-state index >= 15 is 0 Å². The highest BCUT2D eigenvalue weighted by Gasteiger charge is 2.36. The first-order valence-corrected chi connectivity index (χ1v) is 6.51. The second-order valence-corrected chi connectivity index (χ2v) is 5.51. The molecule has 3 atom stereocenters. The van der Waals surface area contributed by atoms with Gasteiger partial charge < -0.3 is 4.90 Å². The molecule has 0 bridgehead atoms. The van der Waals surface area contributed by atoms with Crippen LogP contribution in [0.4, 0.5) is 0 Å². The summed E-state index contributed by atoms with van der Waals surface area (Å²) in [5.74, 6) is 1.37. The lowest BCUT2D eigenvalue weighted by Crippen LogP contribution is -2.39. The fourth-order valence-corrected chi connectivity index (χ4v) is 2.40. The highest BCUT2D eigenvalue weighted by molar-refractivity contribution is 5.84. The SMILES string of the molecule is CCC(C)C1NCN(C(C)CC(C)C)C1=O. The van der Waals surface area contributed by atoms with Gasteiger partial charge in [-0.3, -0.25) is 10.1 Å². The normalized spacial score (nSPS) is 25.2. The highest BCUT2D eigenvalue weighted by atomic mass is 16.2. The van der Waals surface area contributed by atoms with Crippen molar-refractivity contribution in [2.45, 2.75) is 59.5 Å². The van der Waals surface area contributed by atoms with Crippen LogP contribution in [-0.4, -0.2) is 29.6 Å². The van der Waals surface area contributed by atoms with Gasteiger partial charge in [-0.1, -0.05) is 34.1 Å². The maximum absolute atomic E-state index is 12.2. The van der Waals surface area contributed by atoms with Crippen LogP contribution in [0.2, 0.25) is 0 Å². The lowest BCUT2D eigenvalue weighted by Gasteiger charge is -2.26. The minimum atomic E-state index is 0.0413. The second-order valence-electron chi connectivity index (χ2n) is 5.51. The summed E-state index contributed by atoms with van der Waals surface area (Å²) in [5, 5.41) is 3.34. The average Bonchev–Trinajstić information content (AvgIpc) is 2.58. The zero-order valence-electron chi connectivity index (χ0n) is 11.3. The Morgan fingerprint density at radius 3 is 2.50 bits per heavy atom. The van der Waals surface area contributed by atoms with Gasteiger partial charge in [-0.05, 0) is 25.2 Å². The molecule has 1 heterocycles. The van der Waals surface area contributed by atoms with Crippen LogP contribution in [0.3, 0.4) is 0 Å². The Kier molecular flexibility index (Phi) is 4.78. The maximum Gasteiger partial charge on any atom is 0.241 e. The molecular formula is C13H26N2O. The molecule has 1 amide bonds. The highest BCUT2D eigenvalue weighted by Crippen LogP contribution is 2.20. The Bertz CT molecular complexity index is 240. The predicted molar refractivity (Wildman–Crippen MR) is 67.0 cm³/mol. The molecule has 0 aromatic heterocycles. The van der Waals surface area contributed by atoms with Crippen molar-refractivity contribution < 1.29 is 4.79 Å². The van der Waals surface area contributed by atoms with Crippen LogP contribution in [0.1, 0.15) is 47.5 Å². The second kappa shape index (κ2) is 5.67. The molecule has 1 rings (SSSR count). The van der Waals surface area contributed by atoms with Gasteiger partial charge in [0, 0.05) is 6.04 Å². The summed E-state index contributed by atoms with van der Waals surface area (Å²) in [5.41, 5.74) is 0. The fraction of sp³-hybridized carbons (Fsp3) is 0.923. The van der Waals surface area contributed by atoms with Gasteiger partial charge in [-0.15, -0.1) is 0 Å². The van der Waals surface area contributed by atoms with Gasteiger partial charge in [0.2, 0.25) is 5.91 Å². The molecule has 3 nitrogen and oxygen atoms in total. The van der Waals surface area contributed by atoms with E-state index < -0.39 is 0 Å². The molecule has 3 heteroatoms. The number of amides is 1. The third kappa shape index (κ3) is 2.97. The number of hydrogen-bond acceptors (Lipinski definition) is 2. The number of nitrogens with one attached hydrogen (secondary N) is 1. The van der Waals surface area contributed by atoms with Gasteiger partial charge in [0.1, 0.15) is 0 Å². The van der Waals surface area contributed by atoms with Gasteiger partial charge in [0.15, 0.2) is 0 Å². The summed E-state index contributed by atoms with van der Waals surface area (Å²) in [6, 6.07) is 0.397. The van der Waals surface area contributed by atoms with E-state index in [1.807, 2.05) is 4.90 Å². The van der Waals surface area contributed by atoms with Crippen LogP contribution in [0.5, 0.6) is 0 Å². The topological polar surface area (TPSA) is 32.3 Å². The van der Waals surface area contributed by atoms with Crippen molar-refractivity contribution in [1.29, 1.82) is 0 Å². The molecule has 0 aromatic rings. The first-order valence-electron chi connectivity index (χ1n) is 6.51. The standard InChI is InChI=1S/C13H26N2O/c1-6-10(4)12-13(16)15(8-14-12)11(5)7-9(2)3/h9-12,14H,6-8H2,1-5H3. The molecule has 0 aliphatic carbocycles. The van der Waals surface area contributed by atoms with Crippen LogP contribution in [-0.2, 0) is 4.79 Å². The van der Waals surface area contributed by atoms with E-state index in [0.717, 1.165) is 19.5 Å². The molecule has 1 saturated heterocycles. The van der Waals surface area contributed by atoms with Crippen LogP contribution < -0.4 is 5.32 Å². The summed E-state index contributed by atoms with van der Waals surface area (Å²) in [6.45, 7) is 11.6. The van der Waals surface area contributed by atoms with Crippen molar-refractivity contribution in [2.24, 2.45) is 11.8 Å².